The van der Waals surface area contributed by atoms with Crippen molar-refractivity contribution in [3.8, 4) is 5.75 Å². The van der Waals surface area contributed by atoms with Gasteiger partial charge in [-0.15, -0.1) is 0 Å². The van der Waals surface area contributed by atoms with Crippen molar-refractivity contribution in [2.75, 3.05) is 5.32 Å². The lowest BCUT2D eigenvalue weighted by Gasteiger charge is -2.16. The third kappa shape index (κ3) is 3.80. The Bertz CT molecular complexity index is 978. The van der Waals surface area contributed by atoms with Gasteiger partial charge in [0, 0.05) is 23.9 Å². The highest BCUT2D eigenvalue weighted by Gasteiger charge is 2.33. The van der Waals surface area contributed by atoms with Gasteiger partial charge in [-0.3, -0.25) is 14.5 Å². The van der Waals surface area contributed by atoms with Gasteiger partial charge >= 0.3 is 6.18 Å². The van der Waals surface area contributed by atoms with Gasteiger partial charge in [-0.1, -0.05) is 12.1 Å². The molecule has 2 aromatic rings. The monoisotopic (exact) mass is 398 g/mol. The van der Waals surface area contributed by atoms with Crippen molar-refractivity contribution in [2.24, 2.45) is 0 Å². The Hall–Kier alpha value is -3.43. The van der Waals surface area contributed by atoms with Crippen LogP contribution in [0, 0.1) is 11.6 Å². The minimum atomic E-state index is -4.58. The molecule has 3 rings (SSSR count). The van der Waals surface area contributed by atoms with Crippen LogP contribution in [0.4, 0.5) is 27.6 Å². The van der Waals surface area contributed by atoms with Gasteiger partial charge in [-0.05, 0) is 17.7 Å². The van der Waals surface area contributed by atoms with Crippen LogP contribution in [0.5, 0.6) is 5.75 Å². The second-order valence-electron chi connectivity index (χ2n) is 5.90. The molecule has 5 nitrogen and oxygen atoms in total. The number of phenols is 1. The Balaban J connectivity index is 1.77. The molecular weight excluding hydrogens is 387 g/mol. The van der Waals surface area contributed by atoms with E-state index in [4.69, 9.17) is 5.11 Å². The highest BCUT2D eigenvalue weighted by Crippen LogP contribution is 2.30. The molecule has 146 valence electrons. The van der Waals surface area contributed by atoms with E-state index in [0.29, 0.717) is 17.0 Å². The maximum Gasteiger partial charge on any atom is 0.416 e. The zero-order chi connectivity index (χ0) is 20.6. The minimum absolute atomic E-state index is 0.0768. The van der Waals surface area contributed by atoms with Gasteiger partial charge < -0.3 is 10.4 Å². The molecule has 0 unspecified atom stereocenters. The van der Waals surface area contributed by atoms with Crippen molar-refractivity contribution in [3.63, 3.8) is 0 Å². The molecule has 10 heteroatoms. The normalized spacial score (nSPS) is 14.5. The van der Waals surface area contributed by atoms with Crippen LogP contribution in [0.2, 0.25) is 0 Å². The number of benzene rings is 2. The summed E-state index contributed by atoms with van der Waals surface area (Å²) in [7, 11) is 0. The number of nitrogens with one attached hydrogen (secondary N) is 1. The first-order chi connectivity index (χ1) is 13.1. The first kappa shape index (κ1) is 19.3. The van der Waals surface area contributed by atoms with Crippen LogP contribution in [0.1, 0.15) is 11.1 Å². The molecule has 1 aliphatic rings. The highest BCUT2D eigenvalue weighted by atomic mass is 19.4. The molecule has 1 heterocycles. The molecule has 2 N–H and O–H groups in total. The van der Waals surface area contributed by atoms with Crippen molar-refractivity contribution < 1.29 is 36.6 Å². The van der Waals surface area contributed by atoms with Crippen molar-refractivity contribution in [1.29, 1.82) is 0 Å². The first-order valence-corrected chi connectivity index (χ1v) is 7.75. The predicted molar refractivity (Wildman–Crippen MR) is 86.7 cm³/mol. The summed E-state index contributed by atoms with van der Waals surface area (Å²) >= 11 is 0. The molecule has 0 atom stereocenters. The number of carbonyl (C=O) groups excluding carboxylic acids is 2. The number of anilines is 1. The molecule has 0 aromatic heterocycles. The molecule has 0 saturated heterocycles. The average Bonchev–Trinajstić information content (AvgIpc) is 2.86. The van der Waals surface area contributed by atoms with E-state index in [9.17, 15) is 31.5 Å². The molecule has 0 saturated carbocycles. The molecule has 28 heavy (non-hydrogen) atoms. The van der Waals surface area contributed by atoms with E-state index in [2.05, 4.69) is 5.32 Å². The maximum absolute atomic E-state index is 13.4. The largest absolute Gasteiger partial charge is 0.503 e. The standard InChI is InChI=1S/C18H11F5N2O3/c19-12-5-11(6-13(20)16(12)27)24-14-7-15(26)25(17(14)28)8-9-2-1-3-10(4-9)18(21,22)23/h1-7,24,27H,8H2. The lowest BCUT2D eigenvalue weighted by molar-refractivity contribution is -0.138. The van der Waals surface area contributed by atoms with Crippen LogP contribution >= 0.6 is 0 Å². The van der Waals surface area contributed by atoms with E-state index < -0.39 is 47.5 Å². The maximum atomic E-state index is 13.4. The van der Waals surface area contributed by atoms with Crippen LogP contribution in [0.15, 0.2) is 48.2 Å². The third-order valence-electron chi connectivity index (χ3n) is 3.90. The van der Waals surface area contributed by atoms with E-state index in [-0.39, 0.29) is 16.9 Å². The molecule has 2 amide bonds. The fourth-order valence-corrected chi connectivity index (χ4v) is 2.57. The van der Waals surface area contributed by atoms with Gasteiger partial charge in [0.2, 0.25) is 0 Å². The summed E-state index contributed by atoms with van der Waals surface area (Å²) in [6.07, 6.45) is -3.72. The number of imide groups is 1. The Morgan fingerprint density at radius 2 is 1.68 bits per heavy atom. The number of phenolic OH excluding ortho intramolecular Hbond substituents is 1. The molecular formula is C18H11F5N2O3. The van der Waals surface area contributed by atoms with Crippen LogP contribution in [0.3, 0.4) is 0 Å². The summed E-state index contributed by atoms with van der Waals surface area (Å²) in [5.41, 5.74) is -1.40. The number of hydrogen-bond acceptors (Lipinski definition) is 4. The molecule has 0 radical (unpaired) electrons. The number of aromatic hydroxyl groups is 1. The number of alkyl halides is 3. The van der Waals surface area contributed by atoms with Crippen molar-refractivity contribution in [2.45, 2.75) is 12.7 Å². The van der Waals surface area contributed by atoms with Crippen molar-refractivity contribution in [3.05, 3.63) is 70.9 Å². The Labute approximate surface area is 154 Å². The SMILES string of the molecule is O=C1C=C(Nc2cc(F)c(O)c(F)c2)C(=O)N1Cc1cccc(C(F)(F)F)c1. The van der Waals surface area contributed by atoms with Gasteiger partial charge in [-0.2, -0.15) is 13.2 Å². The zero-order valence-electron chi connectivity index (χ0n) is 13.8. The van der Waals surface area contributed by atoms with Crippen molar-refractivity contribution >= 4 is 17.5 Å². The fourth-order valence-electron chi connectivity index (χ4n) is 2.57. The van der Waals surface area contributed by atoms with E-state index in [1.165, 1.54) is 6.07 Å². The Morgan fingerprint density at radius 1 is 1.04 bits per heavy atom. The molecule has 2 aromatic carbocycles. The number of nitrogens with zero attached hydrogens (tertiary/aromatic N) is 1. The van der Waals surface area contributed by atoms with E-state index in [1.807, 2.05) is 0 Å². The molecule has 0 fully saturated rings. The van der Waals surface area contributed by atoms with Crippen molar-refractivity contribution in [1.82, 2.24) is 4.90 Å². The van der Waals surface area contributed by atoms with Crippen LogP contribution in [-0.2, 0) is 22.3 Å². The fraction of sp³-hybridized carbons (Fsp3) is 0.111. The first-order valence-electron chi connectivity index (χ1n) is 7.75. The topological polar surface area (TPSA) is 69.6 Å². The van der Waals surface area contributed by atoms with E-state index in [1.54, 1.807) is 0 Å². The summed E-state index contributed by atoms with van der Waals surface area (Å²) in [5, 5.41) is 11.4. The van der Waals surface area contributed by atoms with Crippen LogP contribution in [0.25, 0.3) is 0 Å². The van der Waals surface area contributed by atoms with E-state index >= 15 is 0 Å². The summed E-state index contributed by atoms with van der Waals surface area (Å²) in [6, 6.07) is 5.58. The number of rotatable bonds is 4. The Morgan fingerprint density at radius 3 is 2.29 bits per heavy atom. The smallest absolute Gasteiger partial charge is 0.416 e. The number of carbonyl (C=O) groups is 2. The molecule has 0 aliphatic carbocycles. The van der Waals surface area contributed by atoms with Gasteiger partial charge in [0.15, 0.2) is 17.4 Å². The summed E-state index contributed by atoms with van der Waals surface area (Å²) in [4.78, 5) is 25.1. The van der Waals surface area contributed by atoms with Gasteiger partial charge in [-0.25, -0.2) is 8.78 Å². The zero-order valence-corrected chi connectivity index (χ0v) is 13.8. The summed E-state index contributed by atoms with van der Waals surface area (Å²) < 4.78 is 65.1. The van der Waals surface area contributed by atoms with Gasteiger partial charge in [0.25, 0.3) is 11.8 Å². The molecule has 0 bridgehead atoms. The van der Waals surface area contributed by atoms with E-state index in [0.717, 1.165) is 24.3 Å². The van der Waals surface area contributed by atoms with Gasteiger partial charge in [0.05, 0.1) is 12.1 Å². The number of halogens is 5. The minimum Gasteiger partial charge on any atom is -0.503 e. The highest BCUT2D eigenvalue weighted by molar-refractivity contribution is 6.17. The van der Waals surface area contributed by atoms with Crippen LogP contribution in [-0.4, -0.2) is 21.8 Å². The number of hydrogen-bond donors (Lipinski definition) is 2. The summed E-state index contributed by atoms with van der Waals surface area (Å²) in [6.45, 7) is -0.415. The lowest BCUT2D eigenvalue weighted by Crippen LogP contribution is -2.31. The Kier molecular flexibility index (Phi) is 4.80. The number of amides is 2. The predicted octanol–water partition coefficient (Wildman–Crippen LogP) is 3.55. The van der Waals surface area contributed by atoms with Gasteiger partial charge in [0.1, 0.15) is 5.70 Å². The second-order valence-corrected chi connectivity index (χ2v) is 5.90. The lowest BCUT2D eigenvalue weighted by atomic mass is 10.1. The second kappa shape index (κ2) is 6.95. The molecule has 0 spiro atoms. The average molecular weight is 398 g/mol. The third-order valence-corrected chi connectivity index (χ3v) is 3.90. The van der Waals surface area contributed by atoms with Crippen LogP contribution < -0.4 is 5.32 Å². The quantitative estimate of drug-likeness (QED) is 0.470. The summed E-state index contributed by atoms with van der Waals surface area (Å²) in [5.74, 6) is -5.43. The molecule has 1 aliphatic heterocycles.